The highest BCUT2D eigenvalue weighted by Gasteiger charge is 2.12. The molecular formula is C20H21N3O4. The molecule has 2 aromatic carbocycles. The normalized spacial score (nSPS) is 10.6. The predicted molar refractivity (Wildman–Crippen MR) is 103 cm³/mol. The van der Waals surface area contributed by atoms with Crippen molar-refractivity contribution in [3.8, 4) is 23.3 Å². The minimum absolute atomic E-state index is 0.0797. The number of hydrogen-bond acceptors (Lipinski definition) is 6. The molecule has 0 atom stereocenters. The molecule has 0 saturated carbocycles. The lowest BCUT2D eigenvalue weighted by Gasteiger charge is -2.12. The van der Waals surface area contributed by atoms with Crippen LogP contribution in [0.5, 0.6) is 17.2 Å². The fraction of sp³-hybridized carbons (Fsp3) is 0.200. The third-order valence-corrected chi connectivity index (χ3v) is 3.44. The average molecular weight is 367 g/mol. The van der Waals surface area contributed by atoms with Crippen LogP contribution in [-0.4, -0.2) is 24.2 Å². The van der Waals surface area contributed by atoms with Gasteiger partial charge in [0.1, 0.15) is 17.4 Å². The summed E-state index contributed by atoms with van der Waals surface area (Å²) >= 11 is 0. The Morgan fingerprint density at radius 3 is 2.52 bits per heavy atom. The van der Waals surface area contributed by atoms with Gasteiger partial charge in [0.25, 0.3) is 5.91 Å². The summed E-state index contributed by atoms with van der Waals surface area (Å²) in [4.78, 5) is 12.2. The van der Waals surface area contributed by atoms with Gasteiger partial charge in [0.15, 0.2) is 11.5 Å². The van der Waals surface area contributed by atoms with Gasteiger partial charge < -0.3 is 25.2 Å². The van der Waals surface area contributed by atoms with Crippen LogP contribution in [0.15, 0.2) is 54.2 Å². The number of phenolic OH excluding ortho intramolecular Hbond substituents is 1. The van der Waals surface area contributed by atoms with Crippen molar-refractivity contribution in [2.24, 2.45) is 0 Å². The fourth-order valence-corrected chi connectivity index (χ4v) is 2.21. The maximum absolute atomic E-state index is 12.2. The van der Waals surface area contributed by atoms with Gasteiger partial charge in [-0.1, -0.05) is 12.1 Å². The zero-order chi connectivity index (χ0) is 19.6. The molecule has 7 heteroatoms. The van der Waals surface area contributed by atoms with Crippen LogP contribution in [0.4, 0.5) is 11.4 Å². The van der Waals surface area contributed by atoms with E-state index in [0.717, 1.165) is 0 Å². The molecule has 0 unspecified atom stereocenters. The zero-order valence-corrected chi connectivity index (χ0v) is 15.2. The lowest BCUT2D eigenvalue weighted by Crippen LogP contribution is -2.14. The average Bonchev–Trinajstić information content (AvgIpc) is 2.66. The minimum atomic E-state index is -0.637. The van der Waals surface area contributed by atoms with E-state index in [2.05, 4.69) is 10.6 Å². The number of carbonyl (C=O) groups excluding carboxylic acids is 1. The van der Waals surface area contributed by atoms with Crippen molar-refractivity contribution in [3.05, 3.63) is 54.2 Å². The van der Waals surface area contributed by atoms with E-state index >= 15 is 0 Å². The van der Waals surface area contributed by atoms with Gasteiger partial charge in [0, 0.05) is 18.0 Å². The molecule has 0 radical (unpaired) electrons. The highest BCUT2D eigenvalue weighted by atomic mass is 16.5. The van der Waals surface area contributed by atoms with Gasteiger partial charge >= 0.3 is 0 Å². The molecule has 0 aliphatic rings. The van der Waals surface area contributed by atoms with E-state index in [1.807, 2.05) is 19.9 Å². The number of nitrogens with one attached hydrogen (secondary N) is 2. The van der Waals surface area contributed by atoms with Crippen LogP contribution in [0.25, 0.3) is 0 Å². The zero-order valence-electron chi connectivity index (χ0n) is 15.2. The SMILES string of the molecule is CCOc1ccc(N/C=C(/C#N)C(=O)Nc2ccccc2O)cc1OCC. The maximum Gasteiger partial charge on any atom is 0.267 e. The number of rotatable bonds is 8. The predicted octanol–water partition coefficient (Wildman–Crippen LogP) is 3.65. The Morgan fingerprint density at radius 2 is 1.85 bits per heavy atom. The molecular weight excluding hydrogens is 346 g/mol. The van der Waals surface area contributed by atoms with Crippen molar-refractivity contribution in [2.45, 2.75) is 13.8 Å². The first-order chi connectivity index (χ1) is 13.1. The van der Waals surface area contributed by atoms with Gasteiger partial charge in [-0.15, -0.1) is 0 Å². The second kappa shape index (κ2) is 9.73. The lowest BCUT2D eigenvalue weighted by molar-refractivity contribution is -0.112. The number of nitriles is 1. The first-order valence-corrected chi connectivity index (χ1v) is 8.44. The summed E-state index contributed by atoms with van der Waals surface area (Å²) in [7, 11) is 0. The van der Waals surface area contributed by atoms with Crippen molar-refractivity contribution in [2.75, 3.05) is 23.8 Å². The van der Waals surface area contributed by atoms with Crippen LogP contribution >= 0.6 is 0 Å². The second-order valence-electron chi connectivity index (χ2n) is 5.31. The summed E-state index contributed by atoms with van der Waals surface area (Å²) in [5, 5.41) is 24.4. The molecule has 0 aromatic heterocycles. The number of nitrogens with zero attached hydrogens (tertiary/aromatic N) is 1. The molecule has 0 aliphatic carbocycles. The Hall–Kier alpha value is -3.66. The van der Waals surface area contributed by atoms with Crippen LogP contribution in [0, 0.1) is 11.3 Å². The molecule has 27 heavy (non-hydrogen) atoms. The number of hydrogen-bond donors (Lipinski definition) is 3. The first kappa shape index (κ1) is 19.7. The number of para-hydroxylation sites is 2. The Labute approximate surface area is 157 Å². The van der Waals surface area contributed by atoms with E-state index in [4.69, 9.17) is 9.47 Å². The molecule has 0 heterocycles. The largest absolute Gasteiger partial charge is 0.506 e. The van der Waals surface area contributed by atoms with Crippen molar-refractivity contribution in [3.63, 3.8) is 0 Å². The number of ether oxygens (including phenoxy) is 2. The molecule has 2 aromatic rings. The Kier molecular flexibility index (Phi) is 7.08. The molecule has 0 aliphatic heterocycles. The van der Waals surface area contributed by atoms with Crippen molar-refractivity contribution in [1.82, 2.24) is 0 Å². The molecule has 0 bridgehead atoms. The summed E-state index contributed by atoms with van der Waals surface area (Å²) in [5.74, 6) is 0.466. The summed E-state index contributed by atoms with van der Waals surface area (Å²) in [6.45, 7) is 4.74. The van der Waals surface area contributed by atoms with Crippen LogP contribution < -0.4 is 20.1 Å². The number of anilines is 2. The van der Waals surface area contributed by atoms with Crippen LogP contribution in [-0.2, 0) is 4.79 Å². The van der Waals surface area contributed by atoms with E-state index in [1.165, 1.54) is 18.3 Å². The number of benzene rings is 2. The highest BCUT2D eigenvalue weighted by Crippen LogP contribution is 2.30. The van der Waals surface area contributed by atoms with E-state index < -0.39 is 5.91 Å². The maximum atomic E-state index is 12.2. The van der Waals surface area contributed by atoms with Crippen LogP contribution in [0.3, 0.4) is 0 Å². The fourth-order valence-electron chi connectivity index (χ4n) is 2.21. The van der Waals surface area contributed by atoms with Crippen molar-refractivity contribution < 1.29 is 19.4 Å². The summed E-state index contributed by atoms with van der Waals surface area (Å²) in [6.07, 6.45) is 1.29. The van der Waals surface area contributed by atoms with Gasteiger partial charge in [0.05, 0.1) is 18.9 Å². The van der Waals surface area contributed by atoms with Gasteiger partial charge in [-0.25, -0.2) is 0 Å². The molecule has 2 rings (SSSR count). The number of carbonyl (C=O) groups is 1. The number of phenols is 1. The van der Waals surface area contributed by atoms with E-state index in [1.54, 1.807) is 30.3 Å². The summed E-state index contributed by atoms with van der Waals surface area (Å²) in [5.41, 5.74) is 0.707. The van der Waals surface area contributed by atoms with Crippen LogP contribution in [0.1, 0.15) is 13.8 Å². The highest BCUT2D eigenvalue weighted by molar-refractivity contribution is 6.07. The van der Waals surface area contributed by atoms with Crippen molar-refractivity contribution in [1.29, 1.82) is 5.26 Å². The van der Waals surface area contributed by atoms with Gasteiger partial charge in [-0.3, -0.25) is 4.79 Å². The smallest absolute Gasteiger partial charge is 0.267 e. The molecule has 3 N–H and O–H groups in total. The number of aromatic hydroxyl groups is 1. The van der Waals surface area contributed by atoms with Gasteiger partial charge in [-0.2, -0.15) is 5.26 Å². The Morgan fingerprint density at radius 1 is 1.15 bits per heavy atom. The minimum Gasteiger partial charge on any atom is -0.506 e. The van der Waals surface area contributed by atoms with E-state index in [0.29, 0.717) is 30.4 Å². The molecule has 0 spiro atoms. The third kappa shape index (κ3) is 5.41. The van der Waals surface area contributed by atoms with Gasteiger partial charge in [0.2, 0.25) is 0 Å². The molecule has 1 amide bonds. The third-order valence-electron chi connectivity index (χ3n) is 3.44. The monoisotopic (exact) mass is 367 g/mol. The Bertz CT molecular complexity index is 872. The van der Waals surface area contributed by atoms with E-state index in [9.17, 15) is 15.2 Å². The first-order valence-electron chi connectivity index (χ1n) is 8.44. The molecule has 7 nitrogen and oxygen atoms in total. The second-order valence-corrected chi connectivity index (χ2v) is 5.31. The summed E-state index contributed by atoms with van der Waals surface area (Å²) < 4.78 is 11.0. The molecule has 0 saturated heterocycles. The molecule has 140 valence electrons. The van der Waals surface area contributed by atoms with Crippen LogP contribution in [0.2, 0.25) is 0 Å². The Balaban J connectivity index is 2.14. The topological polar surface area (TPSA) is 104 Å². The quantitative estimate of drug-likeness (QED) is 0.374. The number of amides is 1. The standard InChI is InChI=1S/C20H21N3O4/c1-3-26-18-10-9-15(11-19(18)27-4-2)22-13-14(12-21)20(25)23-16-7-5-6-8-17(16)24/h5-11,13,22,24H,3-4H2,1-2H3,(H,23,25)/b14-13-. The van der Waals surface area contributed by atoms with E-state index in [-0.39, 0.29) is 17.0 Å². The van der Waals surface area contributed by atoms with Gasteiger partial charge in [-0.05, 0) is 38.1 Å². The molecule has 0 fully saturated rings. The van der Waals surface area contributed by atoms with Crippen molar-refractivity contribution >= 4 is 17.3 Å². The lowest BCUT2D eigenvalue weighted by atomic mass is 10.2. The summed E-state index contributed by atoms with van der Waals surface area (Å²) in [6, 6.07) is 13.3.